The van der Waals surface area contributed by atoms with E-state index in [1.807, 2.05) is 4.90 Å². The van der Waals surface area contributed by atoms with Crippen molar-refractivity contribution in [2.75, 3.05) is 11.4 Å². The summed E-state index contributed by atoms with van der Waals surface area (Å²) in [7, 11) is 0. The number of alkyl halides is 1. The molecule has 0 fully saturated rings. The van der Waals surface area contributed by atoms with Gasteiger partial charge in [-0.25, -0.2) is 4.39 Å². The van der Waals surface area contributed by atoms with E-state index in [2.05, 4.69) is 0 Å². The molecule has 0 saturated heterocycles. The molecule has 0 radical (unpaired) electrons. The minimum absolute atomic E-state index is 0.00747. The van der Waals surface area contributed by atoms with Crippen molar-refractivity contribution in [3.05, 3.63) is 63.5 Å². The third kappa shape index (κ3) is 2.45. The highest BCUT2D eigenvalue weighted by molar-refractivity contribution is 6.17. The minimum Gasteiger partial charge on any atom is -0.341 e. The van der Waals surface area contributed by atoms with Gasteiger partial charge in [-0.3, -0.25) is 10.1 Å². The number of nitro groups is 1. The average Bonchev–Trinajstić information content (AvgIpc) is 2.89. The van der Waals surface area contributed by atoms with Crippen LogP contribution in [0.2, 0.25) is 0 Å². The number of fused-ring (bicyclic) bond motifs is 1. The highest BCUT2D eigenvalue weighted by Crippen LogP contribution is 2.38. The van der Waals surface area contributed by atoms with E-state index in [-0.39, 0.29) is 17.4 Å². The maximum atomic E-state index is 13.5. The number of non-ortho nitro benzene ring substituents is 1. The Labute approximate surface area is 125 Å². The lowest BCUT2D eigenvalue weighted by atomic mass is 10.1. The van der Waals surface area contributed by atoms with E-state index in [0.29, 0.717) is 12.1 Å². The quantitative estimate of drug-likeness (QED) is 0.486. The molecule has 3 rings (SSSR count). The third-order valence-corrected chi connectivity index (χ3v) is 3.94. The fourth-order valence-corrected chi connectivity index (χ4v) is 2.87. The monoisotopic (exact) mass is 306 g/mol. The predicted molar refractivity (Wildman–Crippen MR) is 79.8 cm³/mol. The summed E-state index contributed by atoms with van der Waals surface area (Å²) in [5, 5.41) is 10.8. The number of nitrogens with zero attached hydrogens (tertiary/aromatic N) is 2. The summed E-state index contributed by atoms with van der Waals surface area (Å²) in [6.45, 7) is 0.709. The van der Waals surface area contributed by atoms with E-state index < -0.39 is 4.92 Å². The number of halogens is 2. The maximum absolute atomic E-state index is 13.5. The zero-order valence-corrected chi connectivity index (χ0v) is 11.8. The lowest BCUT2D eigenvalue weighted by Gasteiger charge is -2.22. The molecule has 0 N–H and O–H groups in total. The van der Waals surface area contributed by atoms with Crippen LogP contribution in [-0.2, 0) is 12.3 Å². The summed E-state index contributed by atoms with van der Waals surface area (Å²) in [5.41, 5.74) is 3.33. The Morgan fingerprint density at radius 1 is 1.24 bits per heavy atom. The van der Waals surface area contributed by atoms with E-state index in [1.165, 1.54) is 24.3 Å². The summed E-state index contributed by atoms with van der Waals surface area (Å²) in [5.74, 6) is -0.131. The molecule has 0 bridgehead atoms. The molecular weight excluding hydrogens is 295 g/mol. The first-order chi connectivity index (χ1) is 10.1. The number of hydrogen-bond acceptors (Lipinski definition) is 3. The Bertz CT molecular complexity index is 721. The van der Waals surface area contributed by atoms with Crippen LogP contribution >= 0.6 is 11.6 Å². The van der Waals surface area contributed by atoms with Crippen LogP contribution in [0.1, 0.15) is 11.1 Å². The number of nitro benzene ring substituents is 1. The van der Waals surface area contributed by atoms with E-state index in [9.17, 15) is 14.5 Å². The van der Waals surface area contributed by atoms with Crippen LogP contribution in [0.5, 0.6) is 0 Å². The second kappa shape index (κ2) is 5.33. The zero-order chi connectivity index (χ0) is 15.0. The first kappa shape index (κ1) is 13.8. The molecular formula is C15H12ClFN2O2. The topological polar surface area (TPSA) is 46.4 Å². The second-order valence-electron chi connectivity index (χ2n) is 4.88. The van der Waals surface area contributed by atoms with Gasteiger partial charge in [0, 0.05) is 35.9 Å². The largest absolute Gasteiger partial charge is 0.341 e. The van der Waals surface area contributed by atoms with Crippen molar-refractivity contribution in [1.29, 1.82) is 0 Å². The zero-order valence-electron chi connectivity index (χ0n) is 11.1. The van der Waals surface area contributed by atoms with Crippen molar-refractivity contribution in [1.82, 2.24) is 0 Å². The van der Waals surface area contributed by atoms with Gasteiger partial charge in [-0.2, -0.15) is 0 Å². The number of anilines is 2. The summed E-state index contributed by atoms with van der Waals surface area (Å²) in [4.78, 5) is 12.4. The van der Waals surface area contributed by atoms with Crippen molar-refractivity contribution >= 4 is 28.7 Å². The first-order valence-electron chi connectivity index (χ1n) is 6.49. The van der Waals surface area contributed by atoms with Gasteiger partial charge in [-0.15, -0.1) is 11.6 Å². The predicted octanol–water partition coefficient (Wildman–Crippen LogP) is 4.17. The molecule has 2 aromatic carbocycles. The van der Waals surface area contributed by atoms with Crippen LogP contribution < -0.4 is 4.90 Å². The molecule has 0 atom stereocenters. The molecule has 6 heteroatoms. The highest BCUT2D eigenvalue weighted by Gasteiger charge is 2.23. The van der Waals surface area contributed by atoms with Gasteiger partial charge in [0.25, 0.3) is 5.69 Å². The Balaban J connectivity index is 2.07. The Morgan fingerprint density at radius 2 is 2.05 bits per heavy atom. The fraction of sp³-hybridized carbons (Fsp3) is 0.200. The van der Waals surface area contributed by atoms with Gasteiger partial charge in [0.2, 0.25) is 0 Å². The second-order valence-corrected chi connectivity index (χ2v) is 5.15. The molecule has 0 saturated carbocycles. The van der Waals surface area contributed by atoms with E-state index in [1.54, 1.807) is 12.1 Å². The van der Waals surface area contributed by atoms with Crippen molar-refractivity contribution in [2.24, 2.45) is 0 Å². The Hall–Kier alpha value is -2.14. The van der Waals surface area contributed by atoms with Gasteiger partial charge in [0.05, 0.1) is 4.92 Å². The SMILES string of the molecule is O=[N+]([O-])c1ccc(N2CCc3ccc(F)cc32)c(CCl)c1. The average molecular weight is 307 g/mol. The van der Waals surface area contributed by atoms with Crippen molar-refractivity contribution in [3.63, 3.8) is 0 Å². The van der Waals surface area contributed by atoms with Gasteiger partial charge in [0.15, 0.2) is 0 Å². The molecule has 0 spiro atoms. The fourth-order valence-electron chi connectivity index (χ4n) is 2.66. The van der Waals surface area contributed by atoms with Crippen LogP contribution in [0, 0.1) is 15.9 Å². The lowest BCUT2D eigenvalue weighted by Crippen LogP contribution is -2.15. The summed E-state index contributed by atoms with van der Waals surface area (Å²) in [6.07, 6.45) is 0.814. The Morgan fingerprint density at radius 3 is 2.76 bits per heavy atom. The van der Waals surface area contributed by atoms with Gasteiger partial charge in [-0.05, 0) is 35.7 Å². The first-order valence-corrected chi connectivity index (χ1v) is 7.03. The molecule has 1 aliphatic rings. The molecule has 4 nitrogen and oxygen atoms in total. The lowest BCUT2D eigenvalue weighted by molar-refractivity contribution is -0.384. The van der Waals surface area contributed by atoms with Gasteiger partial charge in [0.1, 0.15) is 5.82 Å². The van der Waals surface area contributed by atoms with Crippen LogP contribution in [0.25, 0.3) is 0 Å². The molecule has 0 amide bonds. The standard InChI is InChI=1S/C15H12ClFN2O2/c16-9-11-7-13(19(20)21)3-4-14(11)18-6-5-10-1-2-12(17)8-15(10)18/h1-4,7-8H,5-6,9H2. The van der Waals surface area contributed by atoms with Gasteiger partial charge in [-0.1, -0.05) is 6.07 Å². The molecule has 1 heterocycles. The van der Waals surface area contributed by atoms with Crippen molar-refractivity contribution in [3.8, 4) is 0 Å². The van der Waals surface area contributed by atoms with Crippen LogP contribution in [0.4, 0.5) is 21.5 Å². The van der Waals surface area contributed by atoms with Gasteiger partial charge >= 0.3 is 0 Å². The smallest absolute Gasteiger partial charge is 0.269 e. The van der Waals surface area contributed by atoms with Crippen LogP contribution in [-0.4, -0.2) is 11.5 Å². The summed E-state index contributed by atoms with van der Waals surface area (Å²) < 4.78 is 13.5. The van der Waals surface area contributed by atoms with E-state index in [0.717, 1.165) is 23.4 Å². The van der Waals surface area contributed by atoms with Crippen molar-refractivity contribution in [2.45, 2.75) is 12.3 Å². The maximum Gasteiger partial charge on any atom is 0.269 e. The number of rotatable bonds is 3. The highest BCUT2D eigenvalue weighted by atomic mass is 35.5. The third-order valence-electron chi connectivity index (χ3n) is 3.65. The molecule has 108 valence electrons. The number of hydrogen-bond donors (Lipinski definition) is 0. The summed E-state index contributed by atoms with van der Waals surface area (Å²) in [6, 6.07) is 9.30. The minimum atomic E-state index is -0.447. The van der Waals surface area contributed by atoms with Crippen LogP contribution in [0.3, 0.4) is 0 Å². The van der Waals surface area contributed by atoms with Crippen LogP contribution in [0.15, 0.2) is 36.4 Å². The van der Waals surface area contributed by atoms with E-state index >= 15 is 0 Å². The molecule has 1 aliphatic heterocycles. The molecule has 2 aromatic rings. The normalized spacial score (nSPS) is 13.3. The van der Waals surface area contributed by atoms with E-state index in [4.69, 9.17) is 11.6 Å². The molecule has 0 aliphatic carbocycles. The molecule has 21 heavy (non-hydrogen) atoms. The van der Waals surface area contributed by atoms with Crippen molar-refractivity contribution < 1.29 is 9.31 Å². The molecule has 0 aromatic heterocycles. The Kier molecular flexibility index (Phi) is 3.51. The number of benzene rings is 2. The summed E-state index contributed by atoms with van der Waals surface area (Å²) >= 11 is 5.92. The van der Waals surface area contributed by atoms with Gasteiger partial charge < -0.3 is 4.90 Å². The molecule has 0 unspecified atom stereocenters.